The number of likely N-dealkylation sites (tertiary alicyclic amines) is 1. The van der Waals surface area contributed by atoms with Crippen molar-refractivity contribution in [1.82, 2.24) is 9.80 Å². The molecular weight excluding hydrogens is 404 g/mol. The molecule has 0 aliphatic carbocycles. The summed E-state index contributed by atoms with van der Waals surface area (Å²) in [4.78, 5) is 17.5. The maximum atomic E-state index is 12.8. The van der Waals surface area contributed by atoms with E-state index in [4.69, 9.17) is 0 Å². The molecule has 4 heteroatoms. The average Bonchev–Trinajstić information content (AvgIpc) is 2.71. The number of benzene rings is 2. The van der Waals surface area contributed by atoms with Crippen LogP contribution in [0.3, 0.4) is 0 Å². The van der Waals surface area contributed by atoms with Crippen LogP contribution in [0.25, 0.3) is 0 Å². The van der Waals surface area contributed by atoms with Crippen molar-refractivity contribution in [2.24, 2.45) is 0 Å². The van der Waals surface area contributed by atoms with Gasteiger partial charge in [-0.15, -0.1) is 12.4 Å². The van der Waals surface area contributed by atoms with E-state index in [2.05, 4.69) is 73.9 Å². The van der Waals surface area contributed by atoms with E-state index in [-0.39, 0.29) is 18.3 Å². The second kappa shape index (κ2) is 11.7. The quantitative estimate of drug-likeness (QED) is 0.541. The van der Waals surface area contributed by atoms with Crippen LogP contribution in [0.15, 0.2) is 36.4 Å². The topological polar surface area (TPSA) is 23.6 Å². The fraction of sp³-hybridized carbons (Fsp3) is 0.519. The second-order valence-corrected chi connectivity index (χ2v) is 9.06. The molecule has 170 valence electrons. The molecule has 0 bridgehead atoms. The number of rotatable bonds is 7. The molecule has 0 N–H and O–H groups in total. The third-order valence-electron chi connectivity index (χ3n) is 6.58. The summed E-state index contributed by atoms with van der Waals surface area (Å²) in [5.41, 5.74) is 8.10. The first-order valence-electron chi connectivity index (χ1n) is 11.5. The van der Waals surface area contributed by atoms with Crippen molar-refractivity contribution in [3.8, 4) is 0 Å². The molecule has 2 aromatic rings. The summed E-state index contributed by atoms with van der Waals surface area (Å²) >= 11 is 0. The summed E-state index contributed by atoms with van der Waals surface area (Å²) in [5, 5.41) is 0. The van der Waals surface area contributed by atoms with E-state index in [0.717, 1.165) is 45.4 Å². The summed E-state index contributed by atoms with van der Waals surface area (Å²) in [7, 11) is 0. The number of aryl methyl sites for hydroxylation is 4. The molecule has 1 amide bonds. The molecule has 0 radical (unpaired) electrons. The van der Waals surface area contributed by atoms with Crippen molar-refractivity contribution in [2.45, 2.75) is 72.9 Å². The van der Waals surface area contributed by atoms with Gasteiger partial charge in [-0.3, -0.25) is 4.79 Å². The predicted molar refractivity (Wildman–Crippen MR) is 133 cm³/mol. The van der Waals surface area contributed by atoms with Gasteiger partial charge in [0.25, 0.3) is 0 Å². The summed E-state index contributed by atoms with van der Waals surface area (Å²) in [5.74, 6) is 0.281. The zero-order chi connectivity index (χ0) is 21.7. The van der Waals surface area contributed by atoms with Gasteiger partial charge in [-0.2, -0.15) is 0 Å². The van der Waals surface area contributed by atoms with Gasteiger partial charge in [0.1, 0.15) is 0 Å². The van der Waals surface area contributed by atoms with Gasteiger partial charge >= 0.3 is 0 Å². The van der Waals surface area contributed by atoms with E-state index >= 15 is 0 Å². The van der Waals surface area contributed by atoms with E-state index in [0.29, 0.717) is 12.5 Å². The molecule has 0 saturated carbocycles. The molecule has 0 atom stereocenters. The van der Waals surface area contributed by atoms with Crippen LogP contribution < -0.4 is 0 Å². The Hall–Kier alpha value is -1.84. The Kier molecular flexibility index (Phi) is 9.58. The van der Waals surface area contributed by atoms with Gasteiger partial charge in [-0.25, -0.2) is 0 Å². The maximum absolute atomic E-state index is 12.8. The molecular formula is C27H39ClN2O. The van der Waals surface area contributed by atoms with E-state index in [1.54, 1.807) is 0 Å². The minimum atomic E-state index is 0. The lowest BCUT2D eigenvalue weighted by Gasteiger charge is -2.39. The maximum Gasteiger partial charge on any atom is 0.222 e. The Bertz CT molecular complexity index is 831. The number of piperidine rings is 1. The van der Waals surface area contributed by atoms with E-state index in [9.17, 15) is 4.79 Å². The van der Waals surface area contributed by atoms with E-state index < -0.39 is 0 Å². The van der Waals surface area contributed by atoms with E-state index in [1.165, 1.54) is 33.4 Å². The molecule has 1 aliphatic heterocycles. The van der Waals surface area contributed by atoms with Crippen molar-refractivity contribution in [1.29, 1.82) is 0 Å². The Balaban J connectivity index is 0.00000341. The molecule has 0 unspecified atom stereocenters. The van der Waals surface area contributed by atoms with Crippen LogP contribution in [0.1, 0.15) is 59.6 Å². The van der Waals surface area contributed by atoms with Gasteiger partial charge in [0.15, 0.2) is 0 Å². The number of halogens is 1. The Labute approximate surface area is 195 Å². The molecule has 3 rings (SSSR count). The van der Waals surface area contributed by atoms with Gasteiger partial charge in [0.05, 0.1) is 0 Å². The molecule has 3 nitrogen and oxygen atoms in total. The minimum Gasteiger partial charge on any atom is -0.335 e. The van der Waals surface area contributed by atoms with Gasteiger partial charge in [-0.1, -0.05) is 54.4 Å². The summed E-state index contributed by atoms with van der Waals surface area (Å²) in [6, 6.07) is 13.6. The molecule has 1 saturated heterocycles. The number of nitrogens with zero attached hydrogens (tertiary/aromatic N) is 2. The molecule has 31 heavy (non-hydrogen) atoms. The number of hydrogen-bond donors (Lipinski definition) is 0. The normalized spacial score (nSPS) is 14.9. The molecule has 2 aromatic carbocycles. The first kappa shape index (κ1) is 25.4. The standard InChI is InChI=1S/C27H38N2O.ClH/c1-6-27(30)29(19-24-17-20(2)16-21(3)18-24)25-10-13-28(14-11-25)15-12-26-22(4)8-7-9-23(26)5;/h7-9,16-18,25H,6,10-15,19H2,1-5H3;1H. The lowest BCUT2D eigenvalue weighted by Crippen LogP contribution is -2.47. The molecule has 0 aromatic heterocycles. The Morgan fingerprint density at radius 3 is 2.13 bits per heavy atom. The largest absolute Gasteiger partial charge is 0.335 e. The SMILES string of the molecule is CCC(=O)N(Cc1cc(C)cc(C)c1)C1CCN(CCc2c(C)cccc2C)CC1.Cl. The fourth-order valence-electron chi connectivity index (χ4n) is 4.95. The second-order valence-electron chi connectivity index (χ2n) is 9.06. The Morgan fingerprint density at radius 2 is 1.58 bits per heavy atom. The molecule has 1 fully saturated rings. The third kappa shape index (κ3) is 6.82. The molecule has 1 aliphatic rings. The van der Waals surface area contributed by atoms with Crippen molar-refractivity contribution in [2.75, 3.05) is 19.6 Å². The fourth-order valence-corrected chi connectivity index (χ4v) is 4.95. The predicted octanol–water partition coefficient (Wildman–Crippen LogP) is 5.79. The number of carbonyl (C=O) groups is 1. The first-order valence-corrected chi connectivity index (χ1v) is 11.5. The monoisotopic (exact) mass is 442 g/mol. The van der Waals surface area contributed by atoms with Gasteiger partial charge in [-0.05, 0) is 69.2 Å². The molecule has 0 spiro atoms. The van der Waals surface area contributed by atoms with Crippen LogP contribution in [0.5, 0.6) is 0 Å². The van der Waals surface area contributed by atoms with Crippen molar-refractivity contribution in [3.05, 3.63) is 69.8 Å². The van der Waals surface area contributed by atoms with Gasteiger partial charge in [0.2, 0.25) is 5.91 Å². The van der Waals surface area contributed by atoms with Crippen molar-refractivity contribution >= 4 is 18.3 Å². The number of carbonyl (C=O) groups excluding carboxylic acids is 1. The van der Waals surface area contributed by atoms with Gasteiger partial charge in [0, 0.05) is 38.6 Å². The molecule has 1 heterocycles. The number of amides is 1. The van der Waals surface area contributed by atoms with Crippen LogP contribution in [0, 0.1) is 27.7 Å². The van der Waals surface area contributed by atoms with Crippen molar-refractivity contribution in [3.63, 3.8) is 0 Å². The highest BCUT2D eigenvalue weighted by molar-refractivity contribution is 5.85. The lowest BCUT2D eigenvalue weighted by atomic mass is 9.98. The highest BCUT2D eigenvalue weighted by atomic mass is 35.5. The number of hydrogen-bond acceptors (Lipinski definition) is 2. The smallest absolute Gasteiger partial charge is 0.222 e. The van der Waals surface area contributed by atoms with Crippen LogP contribution in [0.2, 0.25) is 0 Å². The van der Waals surface area contributed by atoms with Crippen LogP contribution in [-0.4, -0.2) is 41.4 Å². The Morgan fingerprint density at radius 1 is 1.00 bits per heavy atom. The van der Waals surface area contributed by atoms with Crippen molar-refractivity contribution < 1.29 is 4.79 Å². The first-order chi connectivity index (χ1) is 14.4. The van der Waals surface area contributed by atoms with Gasteiger partial charge < -0.3 is 9.80 Å². The summed E-state index contributed by atoms with van der Waals surface area (Å²) in [6.45, 7) is 14.7. The lowest BCUT2D eigenvalue weighted by molar-refractivity contribution is -0.135. The summed E-state index contributed by atoms with van der Waals surface area (Å²) in [6.07, 6.45) is 3.84. The highest BCUT2D eigenvalue weighted by Gasteiger charge is 2.27. The zero-order valence-corrected chi connectivity index (χ0v) is 20.7. The van der Waals surface area contributed by atoms with E-state index in [1.807, 2.05) is 6.92 Å². The average molecular weight is 443 g/mol. The summed E-state index contributed by atoms with van der Waals surface area (Å²) < 4.78 is 0. The third-order valence-corrected chi connectivity index (χ3v) is 6.58. The highest BCUT2D eigenvalue weighted by Crippen LogP contribution is 2.22. The van der Waals surface area contributed by atoms with Crippen LogP contribution >= 0.6 is 12.4 Å². The van der Waals surface area contributed by atoms with Crippen LogP contribution in [0.4, 0.5) is 0 Å². The zero-order valence-electron chi connectivity index (χ0n) is 19.9. The van der Waals surface area contributed by atoms with Crippen LogP contribution in [-0.2, 0) is 17.8 Å². The minimum absolute atomic E-state index is 0.